The predicted molar refractivity (Wildman–Crippen MR) is 116 cm³/mol. The Bertz CT molecular complexity index is 1080. The second-order valence-electron chi connectivity index (χ2n) is 6.41. The van der Waals surface area contributed by atoms with Crippen molar-refractivity contribution in [1.82, 2.24) is 20.2 Å². The number of imide groups is 1. The van der Waals surface area contributed by atoms with Crippen molar-refractivity contribution in [2.75, 3.05) is 24.0 Å². The van der Waals surface area contributed by atoms with Crippen LogP contribution in [0.15, 0.2) is 47.6 Å². The number of aromatic nitrogens is 3. The minimum atomic E-state index is -0.599. The summed E-state index contributed by atoms with van der Waals surface area (Å²) in [5, 5.41) is 13.4. The van der Waals surface area contributed by atoms with Crippen LogP contribution in [0.5, 0.6) is 5.75 Å². The second kappa shape index (κ2) is 9.31. The largest absolute Gasteiger partial charge is 0.496 e. The monoisotopic (exact) mass is 426 g/mol. The Balaban J connectivity index is 1.59. The van der Waals surface area contributed by atoms with Gasteiger partial charge in [-0.2, -0.15) is 0 Å². The predicted octanol–water partition coefficient (Wildman–Crippen LogP) is 2.72. The number of nitrogens with two attached hydrogens (primary N) is 1. The molecule has 1 heterocycles. The lowest BCUT2D eigenvalue weighted by Gasteiger charge is -2.10. The van der Waals surface area contributed by atoms with Crippen LogP contribution in [0.25, 0.3) is 11.4 Å². The van der Waals surface area contributed by atoms with Gasteiger partial charge in [-0.1, -0.05) is 36.0 Å². The molecule has 3 aromatic rings. The zero-order valence-electron chi connectivity index (χ0n) is 16.8. The highest BCUT2D eigenvalue weighted by Crippen LogP contribution is 2.29. The molecular formula is C20H22N6O3S. The molecule has 0 fully saturated rings. The number of thioether (sulfide) groups is 1. The minimum absolute atomic E-state index is 0.0541. The summed E-state index contributed by atoms with van der Waals surface area (Å²) in [4.78, 5) is 24.2. The van der Waals surface area contributed by atoms with Crippen LogP contribution < -0.4 is 21.2 Å². The van der Waals surface area contributed by atoms with Gasteiger partial charge in [-0.3, -0.25) is 10.1 Å². The van der Waals surface area contributed by atoms with Gasteiger partial charge < -0.3 is 15.9 Å². The van der Waals surface area contributed by atoms with Crippen LogP contribution in [0.4, 0.5) is 10.5 Å². The number of rotatable bonds is 6. The van der Waals surface area contributed by atoms with Gasteiger partial charge in [0.2, 0.25) is 11.1 Å². The number of para-hydroxylation sites is 1. The third-order valence-corrected chi connectivity index (χ3v) is 5.39. The third kappa shape index (κ3) is 4.71. The second-order valence-corrected chi connectivity index (χ2v) is 7.36. The zero-order chi connectivity index (χ0) is 21.7. The van der Waals surface area contributed by atoms with Crippen LogP contribution in [-0.4, -0.2) is 39.7 Å². The van der Waals surface area contributed by atoms with Crippen LogP contribution in [0.3, 0.4) is 0 Å². The fourth-order valence-electron chi connectivity index (χ4n) is 2.72. The smallest absolute Gasteiger partial charge is 0.325 e. The molecular weight excluding hydrogens is 404 g/mol. The van der Waals surface area contributed by atoms with Crippen LogP contribution >= 0.6 is 11.8 Å². The number of nitrogens with one attached hydrogen (secondary N) is 2. The molecule has 0 radical (unpaired) electrons. The molecule has 156 valence electrons. The lowest BCUT2D eigenvalue weighted by molar-refractivity contribution is -0.117. The summed E-state index contributed by atoms with van der Waals surface area (Å²) < 4.78 is 6.60. The van der Waals surface area contributed by atoms with Gasteiger partial charge in [0.05, 0.1) is 18.4 Å². The number of aryl methyl sites for hydroxylation is 1. The number of carbonyl (C=O) groups is 2. The van der Waals surface area contributed by atoms with E-state index in [0.29, 0.717) is 28.0 Å². The van der Waals surface area contributed by atoms with Gasteiger partial charge in [0.15, 0.2) is 5.82 Å². The highest BCUT2D eigenvalue weighted by Gasteiger charge is 2.17. The number of nitrogens with zero attached hydrogens (tertiary/aromatic N) is 3. The van der Waals surface area contributed by atoms with E-state index in [1.54, 1.807) is 19.2 Å². The molecule has 3 amide bonds. The Hall–Kier alpha value is -3.53. The van der Waals surface area contributed by atoms with Gasteiger partial charge >= 0.3 is 6.03 Å². The first-order valence-electron chi connectivity index (χ1n) is 9.04. The molecule has 2 aromatic carbocycles. The molecule has 0 saturated carbocycles. The number of ether oxygens (including phenoxy) is 1. The molecule has 1 aromatic heterocycles. The summed E-state index contributed by atoms with van der Waals surface area (Å²) in [7, 11) is 1.55. The Labute approximate surface area is 178 Å². The molecule has 4 N–H and O–H groups in total. The fraction of sp³-hybridized carbons (Fsp3) is 0.200. The van der Waals surface area contributed by atoms with Gasteiger partial charge in [0.1, 0.15) is 5.75 Å². The van der Waals surface area contributed by atoms with Crippen molar-refractivity contribution in [3.05, 3.63) is 53.6 Å². The number of hydrogen-bond acceptors (Lipinski definition) is 7. The topological polar surface area (TPSA) is 124 Å². The number of hydrogen-bond donors (Lipinski definition) is 3. The highest BCUT2D eigenvalue weighted by atomic mass is 32.2. The molecule has 0 atom stereocenters. The standard InChI is InChI=1S/C20H22N6O3S/c1-12-7-6-9-15(13(12)2)22-19(28)23-17(27)11-30-20-25-24-18(26(20)21)14-8-4-5-10-16(14)29-3/h4-10H,11,21H2,1-3H3,(H2,22,23,27,28). The van der Waals surface area contributed by atoms with Gasteiger partial charge in [-0.25, -0.2) is 9.47 Å². The summed E-state index contributed by atoms with van der Waals surface area (Å²) >= 11 is 1.07. The first kappa shape index (κ1) is 21.2. The lowest BCUT2D eigenvalue weighted by atomic mass is 10.1. The van der Waals surface area contributed by atoms with Gasteiger partial charge in [0.25, 0.3) is 0 Å². The molecule has 0 bridgehead atoms. The first-order valence-corrected chi connectivity index (χ1v) is 10.0. The molecule has 0 aliphatic heterocycles. The van der Waals surface area contributed by atoms with E-state index in [4.69, 9.17) is 10.6 Å². The fourth-order valence-corrected chi connectivity index (χ4v) is 3.38. The maximum Gasteiger partial charge on any atom is 0.325 e. The van der Waals surface area contributed by atoms with Crippen molar-refractivity contribution in [2.24, 2.45) is 0 Å². The molecule has 0 aliphatic rings. The van der Waals surface area contributed by atoms with Crippen LogP contribution in [0.2, 0.25) is 0 Å². The van der Waals surface area contributed by atoms with E-state index in [-0.39, 0.29) is 5.75 Å². The SMILES string of the molecule is COc1ccccc1-c1nnc(SCC(=O)NC(=O)Nc2cccc(C)c2C)n1N. The molecule has 0 unspecified atom stereocenters. The van der Waals surface area contributed by atoms with Crippen LogP contribution in [0, 0.1) is 13.8 Å². The number of urea groups is 1. The van der Waals surface area contributed by atoms with Crippen molar-refractivity contribution < 1.29 is 14.3 Å². The van der Waals surface area contributed by atoms with Crippen molar-refractivity contribution in [3.63, 3.8) is 0 Å². The number of benzene rings is 2. The Morgan fingerprint density at radius 2 is 1.90 bits per heavy atom. The van der Waals surface area contributed by atoms with E-state index in [1.807, 2.05) is 44.2 Å². The van der Waals surface area contributed by atoms with E-state index >= 15 is 0 Å². The van der Waals surface area contributed by atoms with E-state index in [9.17, 15) is 9.59 Å². The lowest BCUT2D eigenvalue weighted by Crippen LogP contribution is -2.35. The summed E-state index contributed by atoms with van der Waals surface area (Å²) in [6.45, 7) is 3.85. The van der Waals surface area contributed by atoms with Gasteiger partial charge in [0, 0.05) is 5.69 Å². The normalized spacial score (nSPS) is 10.5. The number of carbonyl (C=O) groups excluding carboxylic acids is 2. The Kier molecular flexibility index (Phi) is 6.58. The summed E-state index contributed by atoms with van der Waals surface area (Å²) in [6.07, 6.45) is 0. The highest BCUT2D eigenvalue weighted by molar-refractivity contribution is 7.99. The van der Waals surface area contributed by atoms with Crippen molar-refractivity contribution in [3.8, 4) is 17.1 Å². The van der Waals surface area contributed by atoms with E-state index in [0.717, 1.165) is 22.9 Å². The average molecular weight is 427 g/mol. The Morgan fingerprint density at radius 3 is 2.67 bits per heavy atom. The van der Waals surface area contributed by atoms with Crippen LogP contribution in [0.1, 0.15) is 11.1 Å². The maximum atomic E-state index is 12.1. The third-order valence-electron chi connectivity index (χ3n) is 4.45. The molecule has 30 heavy (non-hydrogen) atoms. The quantitative estimate of drug-likeness (QED) is 0.409. The number of methoxy groups -OCH3 is 1. The minimum Gasteiger partial charge on any atom is -0.496 e. The number of anilines is 1. The molecule has 0 spiro atoms. The van der Waals surface area contributed by atoms with Crippen molar-refractivity contribution in [1.29, 1.82) is 0 Å². The molecule has 3 rings (SSSR count). The molecule has 10 heteroatoms. The molecule has 0 saturated heterocycles. The molecule has 0 aliphatic carbocycles. The number of amides is 3. The van der Waals surface area contributed by atoms with Crippen molar-refractivity contribution in [2.45, 2.75) is 19.0 Å². The zero-order valence-corrected chi connectivity index (χ0v) is 17.6. The maximum absolute atomic E-state index is 12.1. The summed E-state index contributed by atoms with van der Waals surface area (Å²) in [5.41, 5.74) is 3.31. The summed E-state index contributed by atoms with van der Waals surface area (Å²) in [6, 6.07) is 12.2. The Morgan fingerprint density at radius 1 is 1.13 bits per heavy atom. The number of nitrogen functional groups attached to an aromatic ring is 1. The van der Waals surface area contributed by atoms with Crippen LogP contribution in [-0.2, 0) is 4.79 Å². The molecule has 9 nitrogen and oxygen atoms in total. The summed E-state index contributed by atoms with van der Waals surface area (Å²) in [5.74, 6) is 6.56. The van der Waals surface area contributed by atoms with Gasteiger partial charge in [-0.05, 0) is 43.2 Å². The average Bonchev–Trinajstić information content (AvgIpc) is 3.10. The van der Waals surface area contributed by atoms with E-state index < -0.39 is 11.9 Å². The van der Waals surface area contributed by atoms with E-state index in [1.165, 1.54) is 4.68 Å². The van der Waals surface area contributed by atoms with E-state index in [2.05, 4.69) is 20.8 Å². The van der Waals surface area contributed by atoms with Gasteiger partial charge in [-0.15, -0.1) is 10.2 Å². The van der Waals surface area contributed by atoms with Crippen molar-refractivity contribution >= 4 is 29.4 Å². The first-order chi connectivity index (χ1) is 14.4.